The van der Waals surface area contributed by atoms with Gasteiger partial charge in [-0.2, -0.15) is 9.78 Å². The predicted molar refractivity (Wildman–Crippen MR) is 134 cm³/mol. The number of H-pyrrole nitrogens is 1. The Labute approximate surface area is 225 Å². The highest BCUT2D eigenvalue weighted by molar-refractivity contribution is 6.37. The van der Waals surface area contributed by atoms with Crippen LogP contribution in [0.4, 0.5) is 29.3 Å². The van der Waals surface area contributed by atoms with Gasteiger partial charge in [0, 0.05) is 11.8 Å². The fourth-order valence-corrected chi connectivity index (χ4v) is 3.68. The molecule has 0 unspecified atom stereocenters. The van der Waals surface area contributed by atoms with Gasteiger partial charge in [0.25, 0.3) is 5.56 Å². The molecule has 2 amide bonds. The molecule has 0 saturated heterocycles. The van der Waals surface area contributed by atoms with E-state index in [1.165, 1.54) is 42.5 Å². The quantitative estimate of drug-likeness (QED) is 0.226. The molecule has 16 heteroatoms. The van der Waals surface area contributed by atoms with Crippen LogP contribution in [0.5, 0.6) is 23.0 Å². The number of benzene rings is 3. The van der Waals surface area contributed by atoms with Gasteiger partial charge >= 0.3 is 18.1 Å². The number of phenols is 1. The van der Waals surface area contributed by atoms with Crippen LogP contribution in [0.2, 0.25) is 10.0 Å². The standard InChI is InChI=1S/C23H14Cl2F3N5O6/c24-15-7-12(33-22(37)32-19(35)10-29-33)8-16(25)20(15)38-14-5-6-18(34)17(9-14)31-21(36)30-11-1-3-13(4-2-11)39-23(26,27)28/h1-10,34H,(H2,30,31,36)(H,32,35,37). The third-order valence-corrected chi connectivity index (χ3v) is 5.28. The molecule has 11 nitrogen and oxygen atoms in total. The minimum atomic E-state index is -4.85. The van der Waals surface area contributed by atoms with Crippen molar-refractivity contribution in [2.75, 3.05) is 10.6 Å². The Hall–Kier alpha value is -4.69. The van der Waals surface area contributed by atoms with Crippen molar-refractivity contribution in [2.24, 2.45) is 0 Å². The second kappa shape index (κ2) is 11.0. The van der Waals surface area contributed by atoms with Gasteiger partial charge in [-0.1, -0.05) is 23.2 Å². The normalized spacial score (nSPS) is 11.1. The van der Waals surface area contributed by atoms with E-state index in [0.29, 0.717) is 0 Å². The maximum absolute atomic E-state index is 12.4. The first-order valence-electron chi connectivity index (χ1n) is 10.5. The number of hydrogen-bond acceptors (Lipinski definition) is 7. The molecule has 0 saturated carbocycles. The van der Waals surface area contributed by atoms with Crippen molar-refractivity contribution >= 4 is 40.6 Å². The second-order valence-corrected chi connectivity index (χ2v) is 8.34. The number of nitrogens with zero attached hydrogens (tertiary/aromatic N) is 2. The number of alkyl halides is 3. The number of hydrogen-bond donors (Lipinski definition) is 4. The summed E-state index contributed by atoms with van der Waals surface area (Å²) < 4.78 is 47.2. The number of carbonyl (C=O) groups excluding carboxylic acids is 1. The zero-order valence-corrected chi connectivity index (χ0v) is 20.6. The SMILES string of the molecule is O=C(Nc1ccc(OC(F)(F)F)cc1)Nc1cc(Oc2c(Cl)cc(-n3ncc(=O)[nH]c3=O)cc2Cl)ccc1O. The van der Waals surface area contributed by atoms with E-state index < -0.39 is 29.4 Å². The first-order valence-corrected chi connectivity index (χ1v) is 11.3. The highest BCUT2D eigenvalue weighted by Crippen LogP contribution is 2.39. The highest BCUT2D eigenvalue weighted by atomic mass is 35.5. The number of ether oxygens (including phenoxy) is 2. The maximum atomic E-state index is 12.4. The van der Waals surface area contributed by atoms with E-state index in [1.54, 1.807) is 0 Å². The Kier molecular flexibility index (Phi) is 7.69. The summed E-state index contributed by atoms with van der Waals surface area (Å²) in [5, 5.41) is 18.6. The average Bonchev–Trinajstić information content (AvgIpc) is 2.83. The average molecular weight is 584 g/mol. The lowest BCUT2D eigenvalue weighted by Gasteiger charge is -2.14. The molecular weight excluding hydrogens is 570 g/mol. The zero-order chi connectivity index (χ0) is 28.3. The largest absolute Gasteiger partial charge is 0.573 e. The molecule has 202 valence electrons. The summed E-state index contributed by atoms with van der Waals surface area (Å²) >= 11 is 12.6. The fourth-order valence-electron chi connectivity index (χ4n) is 3.12. The van der Waals surface area contributed by atoms with Crippen LogP contribution < -0.4 is 31.4 Å². The summed E-state index contributed by atoms with van der Waals surface area (Å²) in [6, 6.07) is 10.0. The molecule has 0 aliphatic carbocycles. The Bertz CT molecular complexity index is 1640. The van der Waals surface area contributed by atoms with E-state index in [0.717, 1.165) is 23.0 Å². The monoisotopic (exact) mass is 583 g/mol. The summed E-state index contributed by atoms with van der Waals surface area (Å²) in [6.07, 6.45) is -3.96. The van der Waals surface area contributed by atoms with Gasteiger partial charge in [-0.3, -0.25) is 9.78 Å². The molecule has 0 spiro atoms. The van der Waals surface area contributed by atoms with Gasteiger partial charge in [-0.05, 0) is 48.5 Å². The number of aromatic nitrogens is 3. The van der Waals surface area contributed by atoms with Gasteiger partial charge in [0.15, 0.2) is 5.75 Å². The van der Waals surface area contributed by atoms with Gasteiger partial charge < -0.3 is 25.2 Å². The lowest BCUT2D eigenvalue weighted by Crippen LogP contribution is -2.30. The Morgan fingerprint density at radius 2 is 1.62 bits per heavy atom. The number of halogens is 5. The molecule has 39 heavy (non-hydrogen) atoms. The van der Waals surface area contributed by atoms with Crippen LogP contribution in [0.3, 0.4) is 0 Å². The van der Waals surface area contributed by atoms with Crippen molar-refractivity contribution in [3.05, 3.63) is 91.7 Å². The molecule has 0 atom stereocenters. The third-order valence-electron chi connectivity index (χ3n) is 4.72. The summed E-state index contributed by atoms with van der Waals surface area (Å²) in [4.78, 5) is 37.6. The van der Waals surface area contributed by atoms with Gasteiger partial charge in [-0.25, -0.2) is 9.59 Å². The van der Waals surface area contributed by atoms with E-state index in [1.807, 2.05) is 4.98 Å². The Morgan fingerprint density at radius 3 is 2.23 bits per heavy atom. The van der Waals surface area contributed by atoms with E-state index in [9.17, 15) is 32.7 Å². The minimum Gasteiger partial charge on any atom is -0.506 e. The Morgan fingerprint density at radius 1 is 0.974 bits per heavy atom. The fraction of sp³-hybridized carbons (Fsp3) is 0.0435. The van der Waals surface area contributed by atoms with Gasteiger partial charge in [0.1, 0.15) is 23.4 Å². The van der Waals surface area contributed by atoms with Crippen LogP contribution in [-0.4, -0.2) is 32.3 Å². The van der Waals surface area contributed by atoms with Crippen LogP contribution in [0.1, 0.15) is 0 Å². The number of aromatic hydroxyl groups is 1. The van der Waals surface area contributed by atoms with Crippen molar-refractivity contribution in [2.45, 2.75) is 6.36 Å². The summed E-state index contributed by atoms with van der Waals surface area (Å²) in [7, 11) is 0. The zero-order valence-electron chi connectivity index (χ0n) is 19.0. The Balaban J connectivity index is 1.48. The number of phenolic OH excluding ortho intramolecular Hbond substituents is 1. The third kappa shape index (κ3) is 7.00. The number of rotatable bonds is 6. The van der Waals surface area contributed by atoms with Crippen molar-refractivity contribution in [3.8, 4) is 28.7 Å². The molecule has 0 aliphatic rings. The van der Waals surface area contributed by atoms with Gasteiger partial charge in [-0.15, -0.1) is 13.2 Å². The summed E-state index contributed by atoms with van der Waals surface area (Å²) in [6.45, 7) is 0. The van der Waals surface area contributed by atoms with Crippen molar-refractivity contribution in [1.29, 1.82) is 0 Å². The molecule has 4 N–H and O–H groups in total. The first-order chi connectivity index (χ1) is 18.4. The van der Waals surface area contributed by atoms with E-state index in [-0.39, 0.29) is 44.4 Å². The van der Waals surface area contributed by atoms with Gasteiger partial charge in [0.05, 0.1) is 21.4 Å². The predicted octanol–water partition coefficient (Wildman–Crippen LogP) is 5.27. The molecule has 0 radical (unpaired) electrons. The number of amides is 2. The number of anilines is 2. The van der Waals surface area contributed by atoms with Crippen LogP contribution in [0, 0.1) is 0 Å². The molecule has 0 bridgehead atoms. The number of urea groups is 1. The van der Waals surface area contributed by atoms with Crippen LogP contribution in [0.15, 0.2) is 70.4 Å². The molecule has 0 fully saturated rings. The van der Waals surface area contributed by atoms with Gasteiger partial charge in [0.2, 0.25) is 0 Å². The second-order valence-electron chi connectivity index (χ2n) is 7.52. The summed E-state index contributed by atoms with van der Waals surface area (Å²) in [5.41, 5.74) is -1.31. The molecular formula is C23H14Cl2F3N5O6. The lowest BCUT2D eigenvalue weighted by atomic mass is 10.2. The van der Waals surface area contributed by atoms with Crippen molar-refractivity contribution < 1.29 is 32.5 Å². The van der Waals surface area contributed by atoms with E-state index >= 15 is 0 Å². The molecule has 1 heterocycles. The lowest BCUT2D eigenvalue weighted by molar-refractivity contribution is -0.274. The minimum absolute atomic E-state index is 0.0261. The summed E-state index contributed by atoms with van der Waals surface area (Å²) in [5.74, 6) is -0.736. The number of carbonyl (C=O) groups is 1. The molecule has 4 rings (SSSR count). The highest BCUT2D eigenvalue weighted by Gasteiger charge is 2.31. The topological polar surface area (TPSA) is 148 Å². The smallest absolute Gasteiger partial charge is 0.506 e. The van der Waals surface area contributed by atoms with E-state index in [4.69, 9.17) is 27.9 Å². The number of nitrogens with one attached hydrogen (secondary N) is 3. The van der Waals surface area contributed by atoms with E-state index in [2.05, 4.69) is 20.5 Å². The first kappa shape index (κ1) is 27.3. The van der Waals surface area contributed by atoms with Crippen molar-refractivity contribution in [1.82, 2.24) is 14.8 Å². The number of aromatic amines is 1. The molecule has 4 aromatic rings. The molecule has 1 aromatic heterocycles. The maximum Gasteiger partial charge on any atom is 0.573 e. The van der Waals surface area contributed by atoms with Crippen LogP contribution in [-0.2, 0) is 0 Å². The van der Waals surface area contributed by atoms with Crippen molar-refractivity contribution in [3.63, 3.8) is 0 Å². The molecule has 0 aliphatic heterocycles. The van der Waals surface area contributed by atoms with Crippen LogP contribution >= 0.6 is 23.2 Å². The molecule has 3 aromatic carbocycles. The van der Waals surface area contributed by atoms with Crippen LogP contribution in [0.25, 0.3) is 5.69 Å².